The van der Waals surface area contributed by atoms with Gasteiger partial charge in [-0.05, 0) is 31.2 Å². The van der Waals surface area contributed by atoms with Crippen molar-refractivity contribution in [2.75, 3.05) is 5.32 Å². The summed E-state index contributed by atoms with van der Waals surface area (Å²) in [5.41, 5.74) is 1.97. The number of benzene rings is 1. The maximum Gasteiger partial charge on any atom is 0.130 e. The first kappa shape index (κ1) is 12.4. The van der Waals surface area contributed by atoms with Crippen molar-refractivity contribution >= 4 is 5.69 Å². The average molecular weight is 268 g/mol. The predicted octanol–water partition coefficient (Wildman–Crippen LogP) is 2.17. The monoisotopic (exact) mass is 268 g/mol. The Morgan fingerprint density at radius 2 is 1.75 bits per heavy atom. The van der Waals surface area contributed by atoms with Crippen molar-refractivity contribution in [2.24, 2.45) is 7.05 Å². The Morgan fingerprint density at radius 1 is 1.05 bits per heavy atom. The van der Waals surface area contributed by atoms with Gasteiger partial charge in [0.15, 0.2) is 0 Å². The molecule has 3 rings (SSSR count). The highest BCUT2D eigenvalue weighted by Crippen LogP contribution is 2.18. The van der Waals surface area contributed by atoms with E-state index in [4.69, 9.17) is 0 Å². The van der Waals surface area contributed by atoms with Crippen LogP contribution in [0.15, 0.2) is 49.1 Å². The number of nitrogens with zero attached hydrogens (tertiary/aromatic N) is 5. The summed E-state index contributed by atoms with van der Waals surface area (Å²) >= 11 is 0. The first-order valence-electron chi connectivity index (χ1n) is 6.44. The maximum atomic E-state index is 4.35. The highest BCUT2D eigenvalue weighted by Gasteiger charge is 2.09. The van der Waals surface area contributed by atoms with Gasteiger partial charge < -0.3 is 9.88 Å². The highest BCUT2D eigenvalue weighted by molar-refractivity contribution is 5.49. The van der Waals surface area contributed by atoms with E-state index in [1.807, 2.05) is 42.1 Å². The van der Waals surface area contributed by atoms with Crippen LogP contribution in [0.1, 0.15) is 18.8 Å². The highest BCUT2D eigenvalue weighted by atomic mass is 15.5. The Hall–Kier alpha value is -2.63. The Bertz CT molecular complexity index is 668. The molecule has 1 aromatic carbocycles. The van der Waals surface area contributed by atoms with Gasteiger partial charge in [-0.1, -0.05) is 0 Å². The molecular weight excluding hydrogens is 252 g/mol. The summed E-state index contributed by atoms with van der Waals surface area (Å²) in [6.07, 6.45) is 7.07. The zero-order valence-electron chi connectivity index (χ0n) is 11.4. The summed E-state index contributed by atoms with van der Waals surface area (Å²) < 4.78 is 2.01. The molecular formula is C14H16N6. The summed E-state index contributed by atoms with van der Waals surface area (Å²) in [4.78, 5) is 5.94. The van der Waals surface area contributed by atoms with Crippen molar-refractivity contribution in [3.63, 3.8) is 0 Å². The minimum atomic E-state index is 0.142. The molecule has 0 aliphatic rings. The summed E-state index contributed by atoms with van der Waals surface area (Å²) in [5, 5.41) is 11.6. The molecule has 102 valence electrons. The van der Waals surface area contributed by atoms with Gasteiger partial charge >= 0.3 is 0 Å². The molecule has 2 aromatic heterocycles. The van der Waals surface area contributed by atoms with Crippen LogP contribution >= 0.6 is 0 Å². The van der Waals surface area contributed by atoms with E-state index in [-0.39, 0.29) is 6.04 Å². The lowest BCUT2D eigenvalue weighted by atomic mass is 10.2. The summed E-state index contributed by atoms with van der Waals surface area (Å²) in [6.45, 7) is 2.09. The van der Waals surface area contributed by atoms with Crippen molar-refractivity contribution in [3.8, 4) is 5.69 Å². The largest absolute Gasteiger partial charge is 0.375 e. The van der Waals surface area contributed by atoms with Crippen molar-refractivity contribution in [1.29, 1.82) is 0 Å². The van der Waals surface area contributed by atoms with Gasteiger partial charge in [0.1, 0.15) is 5.82 Å². The fourth-order valence-corrected chi connectivity index (χ4v) is 2.15. The molecule has 1 atom stereocenters. The van der Waals surface area contributed by atoms with E-state index < -0.39 is 0 Å². The van der Waals surface area contributed by atoms with Crippen molar-refractivity contribution in [3.05, 3.63) is 54.9 Å². The number of hydrogen-bond acceptors (Lipinski definition) is 4. The molecule has 0 aliphatic carbocycles. The Labute approximate surface area is 117 Å². The van der Waals surface area contributed by atoms with Crippen LogP contribution in [0, 0.1) is 0 Å². The van der Waals surface area contributed by atoms with Gasteiger partial charge in [-0.3, -0.25) is 0 Å². The van der Waals surface area contributed by atoms with Gasteiger partial charge in [0.2, 0.25) is 0 Å². The van der Waals surface area contributed by atoms with Gasteiger partial charge in [-0.15, -0.1) is 0 Å². The summed E-state index contributed by atoms with van der Waals surface area (Å²) in [5.74, 6) is 1.00. The molecule has 0 saturated heterocycles. The topological polar surface area (TPSA) is 60.6 Å². The van der Waals surface area contributed by atoms with E-state index in [0.29, 0.717) is 0 Å². The molecule has 0 bridgehead atoms. The standard InChI is InChI=1S/C14H16N6/c1-11(14-15-9-10-19(14)2)18-12-3-5-13(6-4-12)20-16-7-8-17-20/h3-11,18H,1-2H3. The second-order valence-corrected chi connectivity index (χ2v) is 4.63. The molecule has 20 heavy (non-hydrogen) atoms. The van der Waals surface area contributed by atoms with Crippen molar-refractivity contribution in [1.82, 2.24) is 24.5 Å². The van der Waals surface area contributed by atoms with Crippen molar-refractivity contribution in [2.45, 2.75) is 13.0 Å². The Balaban J connectivity index is 1.74. The molecule has 0 saturated carbocycles. The van der Waals surface area contributed by atoms with E-state index in [9.17, 15) is 0 Å². The SMILES string of the molecule is CC(Nc1ccc(-n2nccn2)cc1)c1nccn1C. The van der Waals surface area contributed by atoms with Gasteiger partial charge in [0.05, 0.1) is 24.1 Å². The van der Waals surface area contributed by atoms with Crippen LogP contribution in [0.3, 0.4) is 0 Å². The third-order valence-corrected chi connectivity index (χ3v) is 3.15. The van der Waals surface area contributed by atoms with Crippen LogP contribution in [0.5, 0.6) is 0 Å². The summed E-state index contributed by atoms with van der Waals surface area (Å²) in [7, 11) is 1.99. The lowest BCUT2D eigenvalue weighted by molar-refractivity contribution is 0.721. The molecule has 1 unspecified atom stereocenters. The zero-order chi connectivity index (χ0) is 13.9. The maximum absolute atomic E-state index is 4.35. The molecule has 0 radical (unpaired) electrons. The van der Waals surface area contributed by atoms with E-state index in [0.717, 1.165) is 17.2 Å². The van der Waals surface area contributed by atoms with Crippen LogP contribution in [-0.2, 0) is 7.05 Å². The molecule has 0 fully saturated rings. The molecule has 0 spiro atoms. The van der Waals surface area contributed by atoms with E-state index in [1.165, 1.54) is 0 Å². The molecule has 6 nitrogen and oxygen atoms in total. The Kier molecular flexibility index (Phi) is 3.20. The number of rotatable bonds is 4. The molecule has 3 aromatic rings. The fraction of sp³-hybridized carbons (Fsp3) is 0.214. The fourth-order valence-electron chi connectivity index (χ4n) is 2.15. The number of aromatic nitrogens is 5. The second-order valence-electron chi connectivity index (χ2n) is 4.63. The van der Waals surface area contributed by atoms with Gasteiger partial charge in [-0.2, -0.15) is 15.0 Å². The first-order valence-corrected chi connectivity index (χ1v) is 6.44. The quantitative estimate of drug-likeness (QED) is 0.787. The van der Waals surface area contributed by atoms with Crippen LogP contribution in [0.25, 0.3) is 5.69 Å². The van der Waals surface area contributed by atoms with E-state index in [1.54, 1.807) is 23.4 Å². The minimum Gasteiger partial charge on any atom is -0.375 e. The minimum absolute atomic E-state index is 0.142. The molecule has 1 N–H and O–H groups in total. The lowest BCUT2D eigenvalue weighted by Crippen LogP contribution is -2.11. The van der Waals surface area contributed by atoms with Crippen LogP contribution in [0.4, 0.5) is 5.69 Å². The average Bonchev–Trinajstić information content (AvgIpc) is 3.10. The summed E-state index contributed by atoms with van der Waals surface area (Å²) in [6, 6.07) is 8.13. The first-order chi connectivity index (χ1) is 9.74. The number of anilines is 1. The second kappa shape index (κ2) is 5.16. The number of imidazole rings is 1. The van der Waals surface area contributed by atoms with Gasteiger partial charge in [0, 0.05) is 25.1 Å². The predicted molar refractivity (Wildman–Crippen MR) is 76.6 cm³/mol. The zero-order valence-corrected chi connectivity index (χ0v) is 11.4. The van der Waals surface area contributed by atoms with Crippen LogP contribution < -0.4 is 5.32 Å². The number of hydrogen-bond donors (Lipinski definition) is 1. The Morgan fingerprint density at radius 3 is 2.35 bits per heavy atom. The normalized spacial score (nSPS) is 12.3. The molecule has 0 amide bonds. The van der Waals surface area contributed by atoms with E-state index >= 15 is 0 Å². The van der Waals surface area contributed by atoms with Crippen molar-refractivity contribution < 1.29 is 0 Å². The molecule has 6 heteroatoms. The van der Waals surface area contributed by atoms with E-state index in [2.05, 4.69) is 27.4 Å². The molecule has 0 aliphatic heterocycles. The lowest BCUT2D eigenvalue weighted by Gasteiger charge is -2.15. The number of nitrogens with one attached hydrogen (secondary N) is 1. The third-order valence-electron chi connectivity index (χ3n) is 3.15. The smallest absolute Gasteiger partial charge is 0.130 e. The molecule has 2 heterocycles. The number of aryl methyl sites for hydroxylation is 1. The third kappa shape index (κ3) is 2.40. The van der Waals surface area contributed by atoms with Gasteiger partial charge in [-0.25, -0.2) is 4.98 Å². The van der Waals surface area contributed by atoms with Gasteiger partial charge in [0.25, 0.3) is 0 Å². The van der Waals surface area contributed by atoms with Crippen LogP contribution in [0.2, 0.25) is 0 Å². The van der Waals surface area contributed by atoms with Crippen LogP contribution in [-0.4, -0.2) is 24.5 Å².